The van der Waals surface area contributed by atoms with Gasteiger partial charge in [0.15, 0.2) is 0 Å². The van der Waals surface area contributed by atoms with Crippen molar-refractivity contribution in [2.75, 3.05) is 19.6 Å². The van der Waals surface area contributed by atoms with Crippen molar-refractivity contribution < 1.29 is 0 Å². The predicted octanol–water partition coefficient (Wildman–Crippen LogP) is 1.56. The lowest BCUT2D eigenvalue weighted by molar-refractivity contribution is 0.280. The molecule has 0 radical (unpaired) electrons. The Hall–Kier alpha value is -0.490. The summed E-state index contributed by atoms with van der Waals surface area (Å²) < 4.78 is 0. The Bertz CT molecular complexity index is 309. The van der Waals surface area contributed by atoms with Crippen LogP contribution in [0, 0.1) is 6.92 Å². The van der Waals surface area contributed by atoms with Crippen LogP contribution in [-0.2, 0) is 6.42 Å². The van der Waals surface area contributed by atoms with Crippen molar-refractivity contribution in [3.05, 3.63) is 16.1 Å². The first kappa shape index (κ1) is 14.6. The molecule has 1 rings (SSSR count). The Kier molecular flexibility index (Phi) is 6.65. The van der Waals surface area contributed by atoms with E-state index in [0.717, 1.165) is 38.2 Å². The van der Waals surface area contributed by atoms with E-state index >= 15 is 0 Å². The maximum Gasteiger partial charge on any atom is 0.0944 e. The Morgan fingerprint density at radius 1 is 1.47 bits per heavy atom. The second kappa shape index (κ2) is 7.76. The van der Waals surface area contributed by atoms with Crippen molar-refractivity contribution in [3.8, 4) is 0 Å². The van der Waals surface area contributed by atoms with E-state index < -0.39 is 0 Å². The molecule has 0 aliphatic carbocycles. The van der Waals surface area contributed by atoms with Gasteiger partial charge in [-0.2, -0.15) is 0 Å². The molecule has 98 valence electrons. The van der Waals surface area contributed by atoms with Gasteiger partial charge in [0.05, 0.1) is 5.01 Å². The van der Waals surface area contributed by atoms with Crippen molar-refractivity contribution in [2.24, 2.45) is 5.84 Å². The highest BCUT2D eigenvalue weighted by atomic mass is 32.1. The third-order valence-corrected chi connectivity index (χ3v) is 4.00. The first-order valence-corrected chi connectivity index (χ1v) is 7.17. The lowest BCUT2D eigenvalue weighted by atomic mass is 10.1. The number of aromatic nitrogens is 1. The lowest BCUT2D eigenvalue weighted by Crippen LogP contribution is -2.39. The highest BCUT2D eigenvalue weighted by Gasteiger charge is 2.11. The molecular formula is C12H24N4S. The van der Waals surface area contributed by atoms with Crippen LogP contribution in [-0.4, -0.2) is 35.6 Å². The van der Waals surface area contributed by atoms with Gasteiger partial charge < -0.3 is 4.90 Å². The summed E-state index contributed by atoms with van der Waals surface area (Å²) in [4.78, 5) is 6.89. The van der Waals surface area contributed by atoms with Gasteiger partial charge in [0.1, 0.15) is 0 Å². The number of hydrazine groups is 1. The molecule has 1 aromatic rings. The first-order chi connectivity index (χ1) is 8.19. The molecule has 0 aromatic carbocycles. The predicted molar refractivity (Wildman–Crippen MR) is 74.1 cm³/mol. The summed E-state index contributed by atoms with van der Waals surface area (Å²) in [5, 5.41) is 3.26. The Morgan fingerprint density at radius 3 is 2.65 bits per heavy atom. The quantitative estimate of drug-likeness (QED) is 0.547. The van der Waals surface area contributed by atoms with E-state index in [4.69, 9.17) is 5.84 Å². The molecule has 5 heteroatoms. The second-order valence-corrected chi connectivity index (χ2v) is 5.21. The van der Waals surface area contributed by atoms with Crippen molar-refractivity contribution >= 4 is 11.3 Å². The zero-order chi connectivity index (χ0) is 12.7. The molecule has 0 spiro atoms. The van der Waals surface area contributed by atoms with Crippen molar-refractivity contribution in [1.82, 2.24) is 15.3 Å². The average Bonchev–Trinajstić information content (AvgIpc) is 2.74. The summed E-state index contributed by atoms with van der Waals surface area (Å²) in [7, 11) is 0. The van der Waals surface area contributed by atoms with Crippen molar-refractivity contribution in [1.29, 1.82) is 0 Å². The molecule has 0 aliphatic heterocycles. The van der Waals surface area contributed by atoms with Crippen LogP contribution in [0.3, 0.4) is 0 Å². The molecule has 0 fully saturated rings. The first-order valence-electron chi connectivity index (χ1n) is 6.29. The van der Waals surface area contributed by atoms with E-state index in [1.54, 1.807) is 11.3 Å². The van der Waals surface area contributed by atoms with Crippen LogP contribution in [0.25, 0.3) is 0 Å². The van der Waals surface area contributed by atoms with Crippen LogP contribution in [0.5, 0.6) is 0 Å². The zero-order valence-electron chi connectivity index (χ0n) is 11.1. The number of thiazole rings is 1. The molecule has 0 saturated heterocycles. The molecule has 17 heavy (non-hydrogen) atoms. The van der Waals surface area contributed by atoms with E-state index in [2.05, 4.69) is 34.5 Å². The molecule has 4 nitrogen and oxygen atoms in total. The molecule has 1 heterocycles. The van der Waals surface area contributed by atoms with Crippen LogP contribution < -0.4 is 11.3 Å². The molecular weight excluding hydrogens is 232 g/mol. The van der Waals surface area contributed by atoms with Gasteiger partial charge in [0, 0.05) is 23.5 Å². The number of nitrogens with one attached hydrogen (secondary N) is 1. The van der Waals surface area contributed by atoms with Gasteiger partial charge in [-0.05, 0) is 33.0 Å². The summed E-state index contributed by atoms with van der Waals surface area (Å²) in [6.07, 6.45) is 1.99. The summed E-state index contributed by atoms with van der Waals surface area (Å²) in [5.41, 5.74) is 4.00. The minimum Gasteiger partial charge on any atom is -0.304 e. The van der Waals surface area contributed by atoms with E-state index in [1.165, 1.54) is 5.01 Å². The van der Waals surface area contributed by atoms with Crippen LogP contribution >= 0.6 is 11.3 Å². The molecule has 0 aliphatic rings. The molecule has 1 unspecified atom stereocenters. The monoisotopic (exact) mass is 256 g/mol. The summed E-state index contributed by atoms with van der Waals surface area (Å²) >= 11 is 1.72. The van der Waals surface area contributed by atoms with Gasteiger partial charge in [-0.1, -0.05) is 13.8 Å². The van der Waals surface area contributed by atoms with E-state index in [-0.39, 0.29) is 0 Å². The summed E-state index contributed by atoms with van der Waals surface area (Å²) in [6.45, 7) is 9.71. The Labute approximate surface area is 108 Å². The number of nitrogens with two attached hydrogens (primary N) is 1. The van der Waals surface area contributed by atoms with Gasteiger partial charge in [-0.3, -0.25) is 11.3 Å². The summed E-state index contributed by atoms with van der Waals surface area (Å²) in [5.74, 6) is 5.60. The van der Waals surface area contributed by atoms with Gasteiger partial charge in [-0.15, -0.1) is 11.3 Å². The van der Waals surface area contributed by atoms with Gasteiger partial charge in [-0.25, -0.2) is 4.98 Å². The Morgan fingerprint density at radius 2 is 2.18 bits per heavy atom. The fourth-order valence-corrected chi connectivity index (χ4v) is 2.68. The smallest absolute Gasteiger partial charge is 0.0944 e. The SMILES string of the molecule is CCN(CC)CCC(Cc1nc(C)cs1)NN. The van der Waals surface area contributed by atoms with E-state index in [1.807, 2.05) is 6.92 Å². The van der Waals surface area contributed by atoms with Gasteiger partial charge in [0.25, 0.3) is 0 Å². The highest BCUT2D eigenvalue weighted by molar-refractivity contribution is 7.09. The van der Waals surface area contributed by atoms with E-state index in [0.29, 0.717) is 6.04 Å². The van der Waals surface area contributed by atoms with Crippen LogP contribution in [0.2, 0.25) is 0 Å². The topological polar surface area (TPSA) is 54.2 Å². The van der Waals surface area contributed by atoms with Gasteiger partial charge in [0.2, 0.25) is 0 Å². The largest absolute Gasteiger partial charge is 0.304 e. The molecule has 3 N–H and O–H groups in total. The van der Waals surface area contributed by atoms with Crippen LogP contribution in [0.1, 0.15) is 31.0 Å². The molecule has 0 bridgehead atoms. The number of hydrogen-bond donors (Lipinski definition) is 2. The standard InChI is InChI=1S/C12H24N4S/c1-4-16(5-2)7-6-11(15-13)8-12-14-10(3)9-17-12/h9,11,15H,4-8,13H2,1-3H3. The van der Waals surface area contributed by atoms with Crippen molar-refractivity contribution in [2.45, 2.75) is 39.7 Å². The van der Waals surface area contributed by atoms with Crippen LogP contribution in [0.15, 0.2) is 5.38 Å². The number of nitrogens with zero attached hydrogens (tertiary/aromatic N) is 2. The molecule has 0 saturated carbocycles. The minimum absolute atomic E-state index is 0.321. The van der Waals surface area contributed by atoms with Crippen LogP contribution in [0.4, 0.5) is 0 Å². The Balaban J connectivity index is 2.38. The van der Waals surface area contributed by atoms with Crippen molar-refractivity contribution in [3.63, 3.8) is 0 Å². The number of aryl methyl sites for hydroxylation is 1. The molecule has 1 aromatic heterocycles. The third-order valence-electron chi connectivity index (χ3n) is 3.01. The van der Waals surface area contributed by atoms with E-state index in [9.17, 15) is 0 Å². The summed E-state index contributed by atoms with van der Waals surface area (Å²) in [6, 6.07) is 0.321. The fourth-order valence-electron chi connectivity index (χ4n) is 1.83. The number of hydrogen-bond acceptors (Lipinski definition) is 5. The molecule has 0 amide bonds. The maximum atomic E-state index is 5.60. The average molecular weight is 256 g/mol. The minimum atomic E-state index is 0.321. The van der Waals surface area contributed by atoms with Gasteiger partial charge >= 0.3 is 0 Å². The third kappa shape index (κ3) is 5.12. The lowest BCUT2D eigenvalue weighted by Gasteiger charge is -2.21. The maximum absolute atomic E-state index is 5.60. The number of rotatable bonds is 8. The molecule has 1 atom stereocenters. The highest BCUT2D eigenvalue weighted by Crippen LogP contribution is 2.12. The normalized spacial score (nSPS) is 13.2. The zero-order valence-corrected chi connectivity index (χ0v) is 11.9. The fraction of sp³-hybridized carbons (Fsp3) is 0.750. The second-order valence-electron chi connectivity index (χ2n) is 4.27.